The minimum atomic E-state index is -0.470. The first-order valence-corrected chi connectivity index (χ1v) is 7.72. The molecule has 0 amide bonds. The van der Waals surface area contributed by atoms with E-state index >= 15 is 0 Å². The Morgan fingerprint density at radius 3 is 2.81 bits per heavy atom. The first kappa shape index (κ1) is 14.4. The van der Waals surface area contributed by atoms with E-state index in [-0.39, 0.29) is 5.02 Å². The number of hydrogen-bond donors (Lipinski definition) is 0. The fourth-order valence-corrected chi connectivity index (χ4v) is 2.84. The van der Waals surface area contributed by atoms with Crippen molar-refractivity contribution in [3.63, 3.8) is 0 Å². The van der Waals surface area contributed by atoms with Crippen molar-refractivity contribution in [1.29, 1.82) is 0 Å². The molecule has 3 rings (SSSR count). The third-order valence-electron chi connectivity index (χ3n) is 3.89. The van der Waals surface area contributed by atoms with E-state index in [0.717, 1.165) is 5.69 Å². The Morgan fingerprint density at radius 2 is 2.05 bits per heavy atom. The summed E-state index contributed by atoms with van der Waals surface area (Å²) in [4.78, 5) is 0. The van der Waals surface area contributed by atoms with Gasteiger partial charge in [-0.3, -0.25) is 4.68 Å². The largest absolute Gasteiger partial charge is 0.487 e. The van der Waals surface area contributed by atoms with Gasteiger partial charge in [0.1, 0.15) is 18.2 Å². The Labute approximate surface area is 128 Å². The van der Waals surface area contributed by atoms with Crippen LogP contribution < -0.4 is 4.74 Å². The fourth-order valence-electron chi connectivity index (χ4n) is 2.73. The predicted octanol–water partition coefficient (Wildman–Crippen LogP) is 4.76. The van der Waals surface area contributed by atoms with E-state index in [1.54, 1.807) is 6.07 Å². The number of ether oxygens (including phenoxy) is 1. The van der Waals surface area contributed by atoms with Crippen molar-refractivity contribution < 1.29 is 9.13 Å². The van der Waals surface area contributed by atoms with E-state index in [1.165, 1.54) is 44.2 Å². The second kappa shape index (κ2) is 6.48. The molecule has 1 aliphatic rings. The molecule has 21 heavy (non-hydrogen) atoms. The lowest BCUT2D eigenvalue weighted by Gasteiger charge is -2.21. The highest BCUT2D eigenvalue weighted by molar-refractivity contribution is 6.30. The molecule has 1 aliphatic carbocycles. The molecule has 0 aliphatic heterocycles. The van der Waals surface area contributed by atoms with Crippen molar-refractivity contribution in [3.05, 3.63) is 47.0 Å². The molecule has 0 unspecified atom stereocenters. The third kappa shape index (κ3) is 3.56. The number of aromatic nitrogens is 2. The summed E-state index contributed by atoms with van der Waals surface area (Å²) in [5.74, 6) is -0.00832. The van der Waals surface area contributed by atoms with Crippen molar-refractivity contribution in [3.8, 4) is 5.75 Å². The van der Waals surface area contributed by atoms with Gasteiger partial charge in [-0.2, -0.15) is 5.10 Å². The second-order valence-electron chi connectivity index (χ2n) is 5.44. The molecule has 0 spiro atoms. The lowest BCUT2D eigenvalue weighted by molar-refractivity contribution is 0.290. The van der Waals surface area contributed by atoms with Crippen LogP contribution in [0.3, 0.4) is 0 Å². The van der Waals surface area contributed by atoms with E-state index in [0.29, 0.717) is 18.4 Å². The van der Waals surface area contributed by atoms with Crippen molar-refractivity contribution >= 4 is 11.6 Å². The molecule has 1 fully saturated rings. The maximum atomic E-state index is 13.3. The molecule has 112 valence electrons. The van der Waals surface area contributed by atoms with Crippen LogP contribution in [0.4, 0.5) is 4.39 Å². The topological polar surface area (TPSA) is 27.1 Å². The van der Waals surface area contributed by atoms with E-state index in [9.17, 15) is 4.39 Å². The zero-order chi connectivity index (χ0) is 14.7. The minimum Gasteiger partial charge on any atom is -0.487 e. The van der Waals surface area contributed by atoms with Crippen LogP contribution in [0.25, 0.3) is 0 Å². The Morgan fingerprint density at radius 1 is 1.24 bits per heavy atom. The van der Waals surface area contributed by atoms with Crippen molar-refractivity contribution in [2.45, 2.75) is 44.8 Å². The molecule has 5 heteroatoms. The summed E-state index contributed by atoms with van der Waals surface area (Å²) >= 11 is 5.64. The first-order valence-electron chi connectivity index (χ1n) is 7.34. The average Bonchev–Trinajstić information content (AvgIpc) is 2.98. The summed E-state index contributed by atoms with van der Waals surface area (Å²) < 4.78 is 20.9. The van der Waals surface area contributed by atoms with Crippen LogP contribution in [-0.4, -0.2) is 9.78 Å². The van der Waals surface area contributed by atoms with Crippen molar-refractivity contribution in [2.75, 3.05) is 0 Å². The van der Waals surface area contributed by atoms with Gasteiger partial charge in [-0.1, -0.05) is 30.9 Å². The zero-order valence-corrected chi connectivity index (χ0v) is 12.5. The maximum absolute atomic E-state index is 13.3. The molecule has 1 aromatic carbocycles. The van der Waals surface area contributed by atoms with Crippen LogP contribution in [0.15, 0.2) is 30.5 Å². The van der Waals surface area contributed by atoms with Crippen molar-refractivity contribution in [2.24, 2.45) is 0 Å². The van der Waals surface area contributed by atoms with Gasteiger partial charge in [0.2, 0.25) is 0 Å². The Hall–Kier alpha value is -1.55. The van der Waals surface area contributed by atoms with Gasteiger partial charge in [0.15, 0.2) is 0 Å². The van der Waals surface area contributed by atoms with Gasteiger partial charge in [-0.15, -0.1) is 0 Å². The van der Waals surface area contributed by atoms with E-state index in [4.69, 9.17) is 16.3 Å². The highest BCUT2D eigenvalue weighted by atomic mass is 35.5. The highest BCUT2D eigenvalue weighted by Crippen LogP contribution is 2.27. The molecule has 0 N–H and O–H groups in total. The van der Waals surface area contributed by atoms with Gasteiger partial charge < -0.3 is 4.74 Å². The molecule has 1 heterocycles. The summed E-state index contributed by atoms with van der Waals surface area (Å²) in [6.07, 6.45) is 8.29. The fraction of sp³-hybridized carbons (Fsp3) is 0.438. The summed E-state index contributed by atoms with van der Waals surface area (Å²) in [5.41, 5.74) is 0.857. The quantitative estimate of drug-likeness (QED) is 0.814. The minimum absolute atomic E-state index is 0.101. The predicted molar refractivity (Wildman–Crippen MR) is 80.1 cm³/mol. The molecule has 0 atom stereocenters. The number of nitrogens with zero attached hydrogens (tertiary/aromatic N) is 2. The summed E-state index contributed by atoms with van der Waals surface area (Å²) in [5, 5.41) is 4.66. The normalized spacial score (nSPS) is 16.1. The zero-order valence-electron chi connectivity index (χ0n) is 11.8. The van der Waals surface area contributed by atoms with Crippen LogP contribution >= 0.6 is 11.6 Å². The van der Waals surface area contributed by atoms with E-state index < -0.39 is 5.82 Å². The summed E-state index contributed by atoms with van der Waals surface area (Å²) in [6, 6.07) is 6.91. The van der Waals surface area contributed by atoms with E-state index in [1.807, 2.05) is 16.9 Å². The molecule has 1 aromatic heterocycles. The van der Waals surface area contributed by atoms with Gasteiger partial charge in [0.05, 0.1) is 16.8 Å². The van der Waals surface area contributed by atoms with Crippen LogP contribution in [-0.2, 0) is 6.61 Å². The molecule has 0 radical (unpaired) electrons. The van der Waals surface area contributed by atoms with Crippen molar-refractivity contribution in [1.82, 2.24) is 9.78 Å². The van der Waals surface area contributed by atoms with Gasteiger partial charge >= 0.3 is 0 Å². The van der Waals surface area contributed by atoms with Crippen LogP contribution in [0.2, 0.25) is 5.02 Å². The molecule has 1 saturated carbocycles. The smallest absolute Gasteiger partial charge is 0.145 e. The third-order valence-corrected chi connectivity index (χ3v) is 4.20. The standard InChI is InChI=1S/C16H18ClFN2O/c17-15-7-6-14(10-16(15)18)21-11-12-8-9-20(19-12)13-4-2-1-3-5-13/h6-10,13H,1-5,11H2. The number of hydrogen-bond acceptors (Lipinski definition) is 2. The van der Waals surface area contributed by atoms with Gasteiger partial charge in [0.25, 0.3) is 0 Å². The first-order chi connectivity index (χ1) is 10.2. The summed E-state index contributed by atoms with van der Waals surface area (Å²) in [7, 11) is 0. The van der Waals surface area contributed by atoms with Gasteiger partial charge in [-0.05, 0) is 31.0 Å². The SMILES string of the molecule is Fc1cc(OCc2ccn(C3CCCCC3)n2)ccc1Cl. The average molecular weight is 309 g/mol. The number of rotatable bonds is 4. The van der Waals surface area contributed by atoms with Gasteiger partial charge in [0, 0.05) is 12.3 Å². The Kier molecular flexibility index (Phi) is 4.44. The molecule has 0 bridgehead atoms. The maximum Gasteiger partial charge on any atom is 0.145 e. The van der Waals surface area contributed by atoms with E-state index in [2.05, 4.69) is 5.10 Å². The van der Waals surface area contributed by atoms with Gasteiger partial charge in [-0.25, -0.2) is 4.39 Å². The molecular formula is C16H18ClFN2O. The number of benzene rings is 1. The van der Waals surface area contributed by atoms with Crippen LogP contribution in [0.5, 0.6) is 5.75 Å². The summed E-state index contributed by atoms with van der Waals surface area (Å²) in [6.45, 7) is 0.334. The molecule has 2 aromatic rings. The second-order valence-corrected chi connectivity index (χ2v) is 5.85. The Bertz CT molecular complexity index is 608. The van der Waals surface area contributed by atoms with Crippen LogP contribution in [0.1, 0.15) is 43.8 Å². The molecule has 0 saturated heterocycles. The lowest BCUT2D eigenvalue weighted by atomic mass is 9.96. The lowest BCUT2D eigenvalue weighted by Crippen LogP contribution is -2.13. The molecular weight excluding hydrogens is 291 g/mol. The number of halogens is 2. The monoisotopic (exact) mass is 308 g/mol. The molecule has 3 nitrogen and oxygen atoms in total. The Balaban J connectivity index is 1.60. The highest BCUT2D eigenvalue weighted by Gasteiger charge is 2.16. The van der Waals surface area contributed by atoms with Crippen LogP contribution in [0, 0.1) is 5.82 Å².